The van der Waals surface area contributed by atoms with Gasteiger partial charge in [-0.2, -0.15) is 4.68 Å². The average molecular weight is 344 g/mol. The molecule has 7 nitrogen and oxygen atoms in total. The molecule has 9 heteroatoms. The Morgan fingerprint density at radius 2 is 2.36 bits per heavy atom. The fourth-order valence-electron chi connectivity index (χ4n) is 2.74. The third kappa shape index (κ3) is 3.16. The average Bonchev–Trinajstić information content (AvgIpc) is 3.17. The van der Waals surface area contributed by atoms with E-state index < -0.39 is 9.84 Å². The Morgan fingerprint density at radius 1 is 1.55 bits per heavy atom. The van der Waals surface area contributed by atoms with Crippen molar-refractivity contribution in [3.63, 3.8) is 0 Å². The second-order valence-corrected chi connectivity index (χ2v) is 8.00. The molecule has 0 amide bonds. The van der Waals surface area contributed by atoms with Crippen molar-refractivity contribution in [2.24, 2.45) is 0 Å². The summed E-state index contributed by atoms with van der Waals surface area (Å²) in [6, 6.07) is 3.58. The van der Waals surface area contributed by atoms with Crippen molar-refractivity contribution in [2.75, 3.05) is 18.1 Å². The quantitative estimate of drug-likeness (QED) is 0.796. The number of rotatable bonds is 5. The molecule has 1 aliphatic heterocycles. The standard InChI is InChI=1S/C13H17N3O4S2/c1-2-15(10-5-7-22(17,18)8-10)9-16-13(21)20-12(14-16)11-4-3-6-19-11/h3-4,6,10H,2,5,7-9H2,1H3/p+1/t10-/m1/s1. The minimum atomic E-state index is -2.90. The minimum Gasteiger partial charge on any atom is -0.459 e. The van der Waals surface area contributed by atoms with Crippen LogP contribution in [0.1, 0.15) is 13.3 Å². The van der Waals surface area contributed by atoms with E-state index in [2.05, 4.69) is 5.10 Å². The van der Waals surface area contributed by atoms with E-state index in [1.54, 1.807) is 23.1 Å². The summed E-state index contributed by atoms with van der Waals surface area (Å²) in [5, 5.41) is 4.33. The fraction of sp³-hybridized carbons (Fsp3) is 0.538. The largest absolute Gasteiger partial charge is 0.459 e. The van der Waals surface area contributed by atoms with Crippen molar-refractivity contribution in [2.45, 2.75) is 26.1 Å². The van der Waals surface area contributed by atoms with Gasteiger partial charge in [0, 0.05) is 6.42 Å². The summed E-state index contributed by atoms with van der Waals surface area (Å²) in [5.74, 6) is 1.35. The maximum Gasteiger partial charge on any atom is 0.292 e. The van der Waals surface area contributed by atoms with Gasteiger partial charge in [-0.3, -0.25) is 0 Å². The van der Waals surface area contributed by atoms with Crippen LogP contribution in [0.3, 0.4) is 0 Å². The number of furan rings is 1. The lowest BCUT2D eigenvalue weighted by molar-refractivity contribution is -0.943. The molecule has 2 atom stereocenters. The molecule has 1 aliphatic rings. The van der Waals surface area contributed by atoms with Gasteiger partial charge in [-0.05, 0) is 31.3 Å². The number of aromatic nitrogens is 2. The molecular weight excluding hydrogens is 326 g/mol. The fourth-order valence-corrected chi connectivity index (χ4v) is 4.75. The number of quaternary nitrogens is 1. The van der Waals surface area contributed by atoms with E-state index in [0.717, 1.165) is 11.4 Å². The highest BCUT2D eigenvalue weighted by Gasteiger charge is 2.35. The molecule has 1 unspecified atom stereocenters. The first-order valence-electron chi connectivity index (χ1n) is 7.15. The van der Waals surface area contributed by atoms with Gasteiger partial charge in [0.1, 0.15) is 11.8 Å². The van der Waals surface area contributed by atoms with Crippen LogP contribution < -0.4 is 4.90 Å². The van der Waals surface area contributed by atoms with Gasteiger partial charge in [0.25, 0.3) is 10.7 Å². The molecule has 2 aromatic rings. The molecule has 1 saturated heterocycles. The summed E-state index contributed by atoms with van der Waals surface area (Å²) in [5.41, 5.74) is 0. The molecule has 1 N–H and O–H groups in total. The van der Waals surface area contributed by atoms with E-state index in [9.17, 15) is 8.42 Å². The van der Waals surface area contributed by atoms with Crippen molar-refractivity contribution in [1.29, 1.82) is 0 Å². The number of sulfone groups is 1. The Kier molecular flexibility index (Phi) is 4.20. The van der Waals surface area contributed by atoms with Crippen molar-refractivity contribution >= 4 is 22.1 Å². The minimum absolute atomic E-state index is 0.0839. The SMILES string of the molecule is CC[NH+](Cn1nc(-c2ccco2)oc1=S)[C@@H]1CCS(=O)(=O)C1. The van der Waals surface area contributed by atoms with Gasteiger partial charge in [-0.25, -0.2) is 8.42 Å². The summed E-state index contributed by atoms with van der Waals surface area (Å²) in [7, 11) is -2.90. The Balaban J connectivity index is 1.78. The molecule has 2 aromatic heterocycles. The molecule has 0 radical (unpaired) electrons. The lowest BCUT2D eigenvalue weighted by Crippen LogP contribution is -3.15. The summed E-state index contributed by atoms with van der Waals surface area (Å²) in [6.07, 6.45) is 2.22. The second-order valence-electron chi connectivity index (χ2n) is 5.42. The summed E-state index contributed by atoms with van der Waals surface area (Å²) >= 11 is 5.19. The Bertz CT molecular complexity index is 792. The van der Waals surface area contributed by atoms with E-state index in [-0.39, 0.29) is 22.4 Å². The van der Waals surface area contributed by atoms with Gasteiger partial charge in [-0.1, -0.05) is 0 Å². The van der Waals surface area contributed by atoms with Crippen LogP contribution >= 0.6 is 12.2 Å². The van der Waals surface area contributed by atoms with Gasteiger partial charge in [0.2, 0.25) is 0 Å². The summed E-state index contributed by atoms with van der Waals surface area (Å²) in [6.45, 7) is 3.31. The molecule has 0 spiro atoms. The Hall–Kier alpha value is -1.45. The number of nitrogens with one attached hydrogen (secondary N) is 1. The molecular formula is C13H18N3O4S2+. The maximum atomic E-state index is 11.7. The number of hydrogen-bond donors (Lipinski definition) is 1. The predicted molar refractivity (Wildman–Crippen MR) is 81.6 cm³/mol. The molecule has 0 saturated carbocycles. The normalized spacial score (nSPS) is 22.0. The maximum absolute atomic E-state index is 11.7. The molecule has 3 heterocycles. The van der Waals surface area contributed by atoms with Crippen LogP contribution in [-0.2, 0) is 16.5 Å². The van der Waals surface area contributed by atoms with Gasteiger partial charge in [0.05, 0.1) is 18.6 Å². The number of nitrogens with zero attached hydrogens (tertiary/aromatic N) is 2. The molecule has 1 fully saturated rings. The lowest BCUT2D eigenvalue weighted by Gasteiger charge is -2.22. The zero-order chi connectivity index (χ0) is 15.7. The summed E-state index contributed by atoms with van der Waals surface area (Å²) in [4.78, 5) is 1.40. The molecule has 120 valence electrons. The van der Waals surface area contributed by atoms with Crippen LogP contribution in [0.25, 0.3) is 11.7 Å². The Morgan fingerprint density at radius 3 is 2.95 bits per heavy atom. The molecule has 0 aromatic carbocycles. The first kappa shape index (κ1) is 15.4. The van der Waals surface area contributed by atoms with Crippen LogP contribution in [0.15, 0.2) is 27.2 Å². The van der Waals surface area contributed by atoms with Crippen molar-refractivity contribution < 1.29 is 22.2 Å². The van der Waals surface area contributed by atoms with E-state index >= 15 is 0 Å². The molecule has 0 bridgehead atoms. The van der Waals surface area contributed by atoms with Crippen molar-refractivity contribution in [1.82, 2.24) is 9.78 Å². The molecule has 3 rings (SSSR count). The van der Waals surface area contributed by atoms with Gasteiger partial charge in [0.15, 0.2) is 22.3 Å². The highest BCUT2D eigenvalue weighted by molar-refractivity contribution is 7.91. The van der Waals surface area contributed by atoms with Gasteiger partial charge in [-0.15, -0.1) is 5.10 Å². The highest BCUT2D eigenvalue weighted by atomic mass is 32.2. The van der Waals surface area contributed by atoms with E-state index in [1.807, 2.05) is 6.92 Å². The van der Waals surface area contributed by atoms with Crippen LogP contribution in [0.4, 0.5) is 0 Å². The zero-order valence-electron chi connectivity index (χ0n) is 12.2. The predicted octanol–water partition coefficient (Wildman–Crippen LogP) is 0.515. The van der Waals surface area contributed by atoms with E-state index in [0.29, 0.717) is 24.7 Å². The first-order chi connectivity index (χ1) is 10.5. The highest BCUT2D eigenvalue weighted by Crippen LogP contribution is 2.17. The molecule has 0 aliphatic carbocycles. The van der Waals surface area contributed by atoms with Crippen molar-refractivity contribution in [3.05, 3.63) is 23.2 Å². The lowest BCUT2D eigenvalue weighted by atomic mass is 10.2. The molecule has 22 heavy (non-hydrogen) atoms. The zero-order valence-corrected chi connectivity index (χ0v) is 13.8. The van der Waals surface area contributed by atoms with E-state index in [1.165, 1.54) is 0 Å². The smallest absolute Gasteiger partial charge is 0.292 e. The van der Waals surface area contributed by atoms with Crippen LogP contribution in [-0.4, -0.2) is 42.3 Å². The monoisotopic (exact) mass is 344 g/mol. The summed E-state index contributed by atoms with van der Waals surface area (Å²) < 4.78 is 35.6. The Labute approximate surface area is 133 Å². The first-order valence-corrected chi connectivity index (χ1v) is 9.38. The number of hydrogen-bond acceptors (Lipinski definition) is 6. The van der Waals surface area contributed by atoms with Crippen LogP contribution in [0.2, 0.25) is 0 Å². The third-order valence-electron chi connectivity index (χ3n) is 3.95. The van der Waals surface area contributed by atoms with Crippen molar-refractivity contribution in [3.8, 4) is 11.7 Å². The third-order valence-corrected chi connectivity index (χ3v) is 6.02. The van der Waals surface area contributed by atoms with Gasteiger partial charge < -0.3 is 13.7 Å². The van der Waals surface area contributed by atoms with Crippen LogP contribution in [0, 0.1) is 4.84 Å². The van der Waals surface area contributed by atoms with Crippen LogP contribution in [0.5, 0.6) is 0 Å². The second kappa shape index (κ2) is 5.98. The van der Waals surface area contributed by atoms with E-state index in [4.69, 9.17) is 21.1 Å². The topological polar surface area (TPSA) is 82.7 Å². The van der Waals surface area contributed by atoms with Gasteiger partial charge >= 0.3 is 0 Å².